The first-order chi connectivity index (χ1) is 12.8. The van der Waals surface area contributed by atoms with Crippen molar-refractivity contribution in [2.45, 2.75) is 32.4 Å². The minimum atomic E-state index is -0.783. The van der Waals surface area contributed by atoms with E-state index in [1.165, 1.54) is 4.90 Å². The molecule has 2 atom stereocenters. The van der Waals surface area contributed by atoms with Gasteiger partial charge in [-0.15, -0.1) is 0 Å². The van der Waals surface area contributed by atoms with Gasteiger partial charge >= 0.3 is 6.09 Å². The molecule has 0 radical (unpaired) electrons. The van der Waals surface area contributed by atoms with Gasteiger partial charge in [-0.2, -0.15) is 0 Å². The highest BCUT2D eigenvalue weighted by atomic mass is 127. The van der Waals surface area contributed by atoms with Crippen LogP contribution >= 0.6 is 22.6 Å². The maximum absolute atomic E-state index is 12.8. The molecule has 1 fully saturated rings. The summed E-state index contributed by atoms with van der Waals surface area (Å²) in [5.41, 5.74) is 2.63. The summed E-state index contributed by atoms with van der Waals surface area (Å²) in [5.74, 6) is 0.0661. The van der Waals surface area contributed by atoms with Gasteiger partial charge in [0.05, 0.1) is 12.6 Å². The lowest BCUT2D eigenvalue weighted by atomic mass is 10.1. The minimum absolute atomic E-state index is 0.0639. The maximum atomic E-state index is 12.8. The van der Waals surface area contributed by atoms with Crippen molar-refractivity contribution in [3.63, 3.8) is 0 Å². The van der Waals surface area contributed by atoms with Gasteiger partial charge in [0.25, 0.3) is 0 Å². The van der Waals surface area contributed by atoms with Crippen LogP contribution in [0.4, 0.5) is 10.5 Å². The highest BCUT2D eigenvalue weighted by Crippen LogP contribution is 2.26. The van der Waals surface area contributed by atoms with E-state index in [0.717, 1.165) is 20.4 Å². The Labute approximate surface area is 171 Å². The normalized spacial score (nSPS) is 19.0. The van der Waals surface area contributed by atoms with E-state index in [1.54, 1.807) is 24.3 Å². The van der Waals surface area contributed by atoms with Gasteiger partial charge in [0.1, 0.15) is 11.8 Å². The molecule has 0 saturated carbocycles. The summed E-state index contributed by atoms with van der Waals surface area (Å²) in [5, 5.41) is 12.9. The number of aliphatic hydroxyl groups is 1. The van der Waals surface area contributed by atoms with Crippen molar-refractivity contribution in [2.75, 3.05) is 11.9 Å². The number of β-amino-alcohol motifs (C(OH)–C–C–N with tert-alkyl or cyclic N) is 1. The number of aryl methyl sites for hydroxylation is 2. The molecule has 1 aliphatic rings. The number of carbonyl (C=O) groups excluding carboxylic acids is 2. The smallest absolute Gasteiger partial charge is 0.410 e. The summed E-state index contributed by atoms with van der Waals surface area (Å²) in [4.78, 5) is 26.6. The van der Waals surface area contributed by atoms with Crippen molar-refractivity contribution in [3.05, 3.63) is 57.2 Å². The number of hydrogen-bond acceptors (Lipinski definition) is 4. The van der Waals surface area contributed by atoms with E-state index in [4.69, 9.17) is 4.74 Å². The second kappa shape index (κ2) is 8.26. The molecule has 2 unspecified atom stereocenters. The highest BCUT2D eigenvalue weighted by molar-refractivity contribution is 14.1. The van der Waals surface area contributed by atoms with Crippen molar-refractivity contribution >= 4 is 40.3 Å². The van der Waals surface area contributed by atoms with Crippen LogP contribution in [0.1, 0.15) is 17.5 Å². The molecule has 7 heteroatoms. The summed E-state index contributed by atoms with van der Waals surface area (Å²) in [6, 6.07) is 11.8. The number of amides is 2. The van der Waals surface area contributed by atoms with E-state index in [1.807, 2.05) is 32.0 Å². The molecule has 3 rings (SSSR count). The molecule has 0 aromatic heterocycles. The molecule has 0 spiro atoms. The molecule has 2 amide bonds. The number of ether oxygens (including phenoxy) is 1. The zero-order chi connectivity index (χ0) is 19.6. The number of halogens is 1. The fourth-order valence-corrected chi connectivity index (χ4v) is 4.16. The van der Waals surface area contributed by atoms with E-state index in [9.17, 15) is 14.7 Å². The summed E-state index contributed by atoms with van der Waals surface area (Å²) in [7, 11) is 0. The number of para-hydroxylation sites is 1. The van der Waals surface area contributed by atoms with E-state index in [2.05, 4.69) is 27.9 Å². The lowest BCUT2D eigenvalue weighted by molar-refractivity contribution is -0.119. The molecule has 0 bridgehead atoms. The number of carbonyl (C=O) groups is 2. The van der Waals surface area contributed by atoms with Crippen LogP contribution in [0.5, 0.6) is 5.75 Å². The standard InChI is InChI=1S/C20H21IN2O4/c1-12-8-14(21)9-13(2)18(12)22-19(25)17-10-15(24)11-23(17)20(26)27-16-6-4-3-5-7-16/h3-9,15,17,24H,10-11H2,1-2H3,(H,22,25). The first-order valence-electron chi connectivity index (χ1n) is 8.64. The lowest BCUT2D eigenvalue weighted by Gasteiger charge is -2.23. The van der Waals surface area contributed by atoms with Crippen molar-refractivity contribution < 1.29 is 19.4 Å². The first-order valence-corrected chi connectivity index (χ1v) is 9.72. The van der Waals surface area contributed by atoms with Gasteiger partial charge in [-0.05, 0) is 71.8 Å². The van der Waals surface area contributed by atoms with Crippen molar-refractivity contribution in [1.29, 1.82) is 0 Å². The van der Waals surface area contributed by atoms with Crippen molar-refractivity contribution in [1.82, 2.24) is 4.90 Å². The van der Waals surface area contributed by atoms with Crippen molar-refractivity contribution in [2.24, 2.45) is 0 Å². The largest absolute Gasteiger partial charge is 0.416 e. The van der Waals surface area contributed by atoms with Crippen LogP contribution in [-0.2, 0) is 4.79 Å². The molecule has 2 N–H and O–H groups in total. The average Bonchev–Trinajstić information content (AvgIpc) is 3.01. The van der Waals surface area contributed by atoms with Crippen LogP contribution in [0, 0.1) is 17.4 Å². The van der Waals surface area contributed by atoms with Gasteiger partial charge in [-0.1, -0.05) is 18.2 Å². The number of anilines is 1. The Morgan fingerprint density at radius 3 is 2.44 bits per heavy atom. The number of likely N-dealkylation sites (tertiary alicyclic amines) is 1. The second-order valence-corrected chi connectivity index (χ2v) is 7.89. The Balaban J connectivity index is 1.75. The third-order valence-corrected chi connectivity index (χ3v) is 5.13. The number of hydrogen-bond donors (Lipinski definition) is 2. The van der Waals surface area contributed by atoms with Gasteiger partial charge in [-0.25, -0.2) is 4.79 Å². The van der Waals surface area contributed by atoms with E-state index < -0.39 is 18.2 Å². The van der Waals surface area contributed by atoms with Gasteiger partial charge in [0.2, 0.25) is 5.91 Å². The number of nitrogens with zero attached hydrogens (tertiary/aromatic N) is 1. The SMILES string of the molecule is Cc1cc(I)cc(C)c1NC(=O)C1CC(O)CN1C(=O)Oc1ccccc1. The number of aliphatic hydroxyl groups excluding tert-OH is 1. The van der Waals surface area contributed by atoms with Crippen LogP contribution in [0.2, 0.25) is 0 Å². The summed E-state index contributed by atoms with van der Waals surface area (Å²) in [6.07, 6.45) is -1.23. The van der Waals surface area contributed by atoms with Gasteiger partial charge in [0, 0.05) is 15.7 Å². The Kier molecular flexibility index (Phi) is 6.01. The Bertz CT molecular complexity index is 833. The number of rotatable bonds is 3. The molecular formula is C20H21IN2O4. The molecule has 1 aliphatic heterocycles. The zero-order valence-corrected chi connectivity index (χ0v) is 17.3. The monoisotopic (exact) mass is 480 g/mol. The molecule has 1 heterocycles. The van der Waals surface area contributed by atoms with Crippen LogP contribution in [-0.4, -0.2) is 40.7 Å². The second-order valence-electron chi connectivity index (χ2n) is 6.64. The molecular weight excluding hydrogens is 459 g/mol. The maximum Gasteiger partial charge on any atom is 0.416 e. The summed E-state index contributed by atoms with van der Waals surface area (Å²) in [6.45, 7) is 3.92. The zero-order valence-electron chi connectivity index (χ0n) is 15.1. The predicted octanol–water partition coefficient (Wildman–Crippen LogP) is 3.48. The lowest BCUT2D eigenvalue weighted by Crippen LogP contribution is -2.44. The fourth-order valence-electron chi connectivity index (χ4n) is 3.23. The molecule has 2 aromatic carbocycles. The molecule has 142 valence electrons. The van der Waals surface area contributed by atoms with Crippen molar-refractivity contribution in [3.8, 4) is 5.75 Å². The highest BCUT2D eigenvalue weighted by Gasteiger charge is 2.40. The Morgan fingerprint density at radius 1 is 1.19 bits per heavy atom. The first kappa shape index (κ1) is 19.6. The van der Waals surface area contributed by atoms with Gasteiger partial charge < -0.3 is 15.2 Å². The van der Waals surface area contributed by atoms with E-state index >= 15 is 0 Å². The molecule has 1 saturated heterocycles. The average molecular weight is 480 g/mol. The molecule has 27 heavy (non-hydrogen) atoms. The van der Waals surface area contributed by atoms with E-state index in [0.29, 0.717) is 5.75 Å². The third-order valence-electron chi connectivity index (χ3n) is 4.51. The molecule has 2 aromatic rings. The van der Waals surface area contributed by atoms with Crippen LogP contribution in [0.3, 0.4) is 0 Å². The topological polar surface area (TPSA) is 78.9 Å². The summed E-state index contributed by atoms with van der Waals surface area (Å²) >= 11 is 2.23. The molecule has 6 nitrogen and oxygen atoms in total. The predicted molar refractivity (Wildman–Crippen MR) is 111 cm³/mol. The van der Waals surface area contributed by atoms with Crippen LogP contribution < -0.4 is 10.1 Å². The fraction of sp³-hybridized carbons (Fsp3) is 0.300. The number of nitrogens with one attached hydrogen (secondary N) is 1. The van der Waals surface area contributed by atoms with E-state index in [-0.39, 0.29) is 18.9 Å². The minimum Gasteiger partial charge on any atom is -0.410 e. The van der Waals surface area contributed by atoms with Gasteiger partial charge in [-0.3, -0.25) is 9.69 Å². The van der Waals surface area contributed by atoms with Crippen LogP contribution in [0.25, 0.3) is 0 Å². The third kappa shape index (κ3) is 4.59. The Morgan fingerprint density at radius 2 is 1.81 bits per heavy atom. The number of benzene rings is 2. The summed E-state index contributed by atoms with van der Waals surface area (Å²) < 4.78 is 6.42. The Hall–Kier alpha value is -2.13. The van der Waals surface area contributed by atoms with Crippen LogP contribution in [0.15, 0.2) is 42.5 Å². The molecule has 0 aliphatic carbocycles. The quantitative estimate of drug-likeness (QED) is 0.660. The van der Waals surface area contributed by atoms with Gasteiger partial charge in [0.15, 0.2) is 0 Å².